The van der Waals surface area contributed by atoms with E-state index in [1.165, 1.54) is 12.1 Å². The van der Waals surface area contributed by atoms with Crippen LogP contribution in [-0.4, -0.2) is 23.9 Å². The number of hydrogen-bond acceptors (Lipinski definition) is 3. The number of furan rings is 1. The highest BCUT2D eigenvalue weighted by Crippen LogP contribution is 2.37. The lowest BCUT2D eigenvalue weighted by molar-refractivity contribution is 0.0762. The molecule has 0 bridgehead atoms. The predicted molar refractivity (Wildman–Crippen MR) is 104 cm³/mol. The molecule has 0 unspecified atom stereocenters. The van der Waals surface area contributed by atoms with Crippen molar-refractivity contribution in [1.29, 1.82) is 5.26 Å². The van der Waals surface area contributed by atoms with Gasteiger partial charge in [-0.3, -0.25) is 4.79 Å². The third kappa shape index (κ3) is 3.51. The third-order valence-electron chi connectivity index (χ3n) is 4.76. The Morgan fingerprint density at radius 3 is 2.61 bits per heavy atom. The summed E-state index contributed by atoms with van der Waals surface area (Å²) in [5, 5.41) is 9.45. The van der Waals surface area contributed by atoms with Gasteiger partial charge in [0.1, 0.15) is 11.6 Å². The Labute approximate surface area is 166 Å². The van der Waals surface area contributed by atoms with Gasteiger partial charge in [-0.1, -0.05) is 23.7 Å². The Kier molecular flexibility index (Phi) is 4.89. The molecule has 2 aromatic carbocycles. The first-order valence-corrected chi connectivity index (χ1v) is 9.33. The monoisotopic (exact) mass is 394 g/mol. The van der Waals surface area contributed by atoms with Crippen molar-refractivity contribution in [2.75, 3.05) is 13.1 Å². The molecular formula is C22H16ClFN2O2. The number of hydrogen-bond donors (Lipinski definition) is 0. The molecule has 1 saturated heterocycles. The van der Waals surface area contributed by atoms with Crippen LogP contribution in [0, 0.1) is 17.1 Å². The number of amides is 1. The summed E-state index contributed by atoms with van der Waals surface area (Å²) < 4.78 is 19.9. The highest BCUT2D eigenvalue weighted by Gasteiger charge is 2.25. The van der Waals surface area contributed by atoms with Gasteiger partial charge in [0.05, 0.1) is 11.6 Å². The Hall–Kier alpha value is -3.10. The molecule has 6 heteroatoms. The average Bonchev–Trinajstić information content (AvgIpc) is 3.37. The van der Waals surface area contributed by atoms with Gasteiger partial charge >= 0.3 is 0 Å². The van der Waals surface area contributed by atoms with Crippen LogP contribution in [0.25, 0.3) is 22.5 Å². The van der Waals surface area contributed by atoms with Crippen molar-refractivity contribution in [2.24, 2.45) is 0 Å². The molecule has 1 aliphatic heterocycles. The van der Waals surface area contributed by atoms with Gasteiger partial charge in [-0.25, -0.2) is 4.39 Å². The van der Waals surface area contributed by atoms with E-state index in [0.717, 1.165) is 12.8 Å². The lowest BCUT2D eigenvalue weighted by Gasteiger charge is -2.12. The summed E-state index contributed by atoms with van der Waals surface area (Å²) in [6.45, 7) is 1.39. The number of carbonyl (C=O) groups is 1. The van der Waals surface area contributed by atoms with E-state index < -0.39 is 5.82 Å². The maximum Gasteiger partial charge on any atom is 0.289 e. The molecule has 4 nitrogen and oxygen atoms in total. The van der Waals surface area contributed by atoms with E-state index in [9.17, 15) is 14.4 Å². The standard InChI is InChI=1S/C22H16ClFN2O2/c23-17-9-16(10-18(24)11-17)19-12-20(22(27)26-6-1-2-7-26)28-21(19)15-5-3-4-14(8-15)13-25/h3-5,8-12H,1-2,6-7H2. The predicted octanol–water partition coefficient (Wildman–Crippen LogP) is 5.51. The Morgan fingerprint density at radius 2 is 1.89 bits per heavy atom. The Morgan fingerprint density at radius 1 is 1.11 bits per heavy atom. The molecule has 4 rings (SSSR count). The van der Waals surface area contributed by atoms with E-state index in [4.69, 9.17) is 16.0 Å². The molecule has 28 heavy (non-hydrogen) atoms. The van der Waals surface area contributed by atoms with Gasteiger partial charge in [-0.15, -0.1) is 0 Å². The number of carbonyl (C=O) groups excluding carboxylic acids is 1. The quantitative estimate of drug-likeness (QED) is 0.588. The van der Waals surface area contributed by atoms with Gasteiger partial charge in [0.15, 0.2) is 5.76 Å². The minimum Gasteiger partial charge on any atom is -0.450 e. The zero-order valence-electron chi connectivity index (χ0n) is 14.9. The topological polar surface area (TPSA) is 57.2 Å². The van der Waals surface area contributed by atoms with Crippen LogP contribution in [-0.2, 0) is 0 Å². The van der Waals surface area contributed by atoms with E-state index in [1.807, 2.05) is 0 Å². The van der Waals surface area contributed by atoms with Gasteiger partial charge in [-0.2, -0.15) is 5.26 Å². The first kappa shape index (κ1) is 18.3. The molecule has 1 aromatic heterocycles. The van der Waals surface area contributed by atoms with Crippen LogP contribution in [0.1, 0.15) is 29.0 Å². The number of nitrogens with zero attached hydrogens (tertiary/aromatic N) is 2. The van der Waals surface area contributed by atoms with E-state index >= 15 is 0 Å². The van der Waals surface area contributed by atoms with Crippen LogP contribution >= 0.6 is 11.6 Å². The largest absolute Gasteiger partial charge is 0.450 e. The van der Waals surface area contributed by atoms with Gasteiger partial charge in [0.2, 0.25) is 0 Å². The van der Waals surface area contributed by atoms with E-state index in [2.05, 4.69) is 6.07 Å². The van der Waals surface area contributed by atoms with Crippen LogP contribution in [0.2, 0.25) is 5.02 Å². The summed E-state index contributed by atoms with van der Waals surface area (Å²) in [4.78, 5) is 14.6. The minimum atomic E-state index is -0.479. The lowest BCUT2D eigenvalue weighted by Crippen LogP contribution is -2.27. The van der Waals surface area contributed by atoms with Crippen molar-refractivity contribution in [2.45, 2.75) is 12.8 Å². The fourth-order valence-corrected chi connectivity index (χ4v) is 3.66. The van der Waals surface area contributed by atoms with Crippen molar-refractivity contribution < 1.29 is 13.6 Å². The summed E-state index contributed by atoms with van der Waals surface area (Å²) in [7, 11) is 0. The molecule has 0 atom stereocenters. The first-order chi connectivity index (χ1) is 13.5. The SMILES string of the molecule is N#Cc1cccc(-c2oc(C(=O)N3CCCC3)cc2-c2cc(F)cc(Cl)c2)c1. The average molecular weight is 395 g/mol. The number of likely N-dealkylation sites (tertiary alicyclic amines) is 1. The molecule has 1 aliphatic rings. The van der Waals surface area contributed by atoms with Crippen molar-refractivity contribution in [3.63, 3.8) is 0 Å². The third-order valence-corrected chi connectivity index (χ3v) is 4.98. The summed E-state index contributed by atoms with van der Waals surface area (Å²) >= 11 is 6.03. The van der Waals surface area contributed by atoms with E-state index in [1.54, 1.807) is 41.3 Å². The van der Waals surface area contributed by atoms with Crippen LogP contribution in [0.5, 0.6) is 0 Å². The molecule has 0 saturated carbocycles. The highest BCUT2D eigenvalue weighted by molar-refractivity contribution is 6.30. The van der Waals surface area contributed by atoms with Crippen LogP contribution in [0.15, 0.2) is 52.9 Å². The van der Waals surface area contributed by atoms with Crippen molar-refractivity contribution >= 4 is 17.5 Å². The minimum absolute atomic E-state index is 0.189. The molecular weight excluding hydrogens is 379 g/mol. The summed E-state index contributed by atoms with van der Waals surface area (Å²) in [6.07, 6.45) is 1.94. The maximum absolute atomic E-state index is 13.9. The van der Waals surface area contributed by atoms with Gasteiger partial charge < -0.3 is 9.32 Å². The van der Waals surface area contributed by atoms with Gasteiger partial charge in [-0.05, 0) is 54.8 Å². The van der Waals surface area contributed by atoms with Gasteiger partial charge in [0, 0.05) is 29.2 Å². The molecule has 0 spiro atoms. The number of nitriles is 1. The fourth-order valence-electron chi connectivity index (χ4n) is 3.44. The summed E-state index contributed by atoms with van der Waals surface area (Å²) in [5.41, 5.74) is 2.16. The molecule has 1 fully saturated rings. The van der Waals surface area contributed by atoms with Crippen molar-refractivity contribution in [3.8, 4) is 28.5 Å². The normalized spacial score (nSPS) is 13.5. The van der Waals surface area contributed by atoms with Crippen LogP contribution < -0.4 is 0 Å². The number of halogens is 2. The van der Waals surface area contributed by atoms with E-state index in [0.29, 0.717) is 41.1 Å². The smallest absolute Gasteiger partial charge is 0.289 e. The van der Waals surface area contributed by atoms with Crippen LogP contribution in [0.3, 0.4) is 0 Å². The van der Waals surface area contributed by atoms with E-state index in [-0.39, 0.29) is 16.7 Å². The summed E-state index contributed by atoms with van der Waals surface area (Å²) in [6, 6.07) is 14.8. The zero-order chi connectivity index (χ0) is 19.7. The summed E-state index contributed by atoms with van der Waals surface area (Å²) in [5.74, 6) is -0.0762. The zero-order valence-corrected chi connectivity index (χ0v) is 15.7. The molecule has 0 N–H and O–H groups in total. The second-order valence-electron chi connectivity index (χ2n) is 6.70. The Bertz CT molecular complexity index is 1070. The molecule has 0 radical (unpaired) electrons. The first-order valence-electron chi connectivity index (χ1n) is 8.95. The molecule has 140 valence electrons. The Balaban J connectivity index is 1.87. The van der Waals surface area contributed by atoms with Gasteiger partial charge in [0.25, 0.3) is 5.91 Å². The molecule has 1 amide bonds. The molecule has 2 heterocycles. The number of benzene rings is 2. The molecule has 0 aliphatic carbocycles. The van der Waals surface area contributed by atoms with Crippen molar-refractivity contribution in [1.82, 2.24) is 4.90 Å². The van der Waals surface area contributed by atoms with Crippen LogP contribution in [0.4, 0.5) is 4.39 Å². The maximum atomic E-state index is 13.9. The number of rotatable bonds is 3. The highest BCUT2D eigenvalue weighted by atomic mass is 35.5. The second-order valence-corrected chi connectivity index (χ2v) is 7.14. The second kappa shape index (κ2) is 7.49. The molecule has 3 aromatic rings. The fraction of sp³-hybridized carbons (Fsp3) is 0.182. The lowest BCUT2D eigenvalue weighted by atomic mass is 10.0. The van der Waals surface area contributed by atoms with Crippen molar-refractivity contribution in [3.05, 3.63) is 70.7 Å².